The lowest BCUT2D eigenvalue weighted by Crippen LogP contribution is -1.99. The smallest absolute Gasteiger partial charge is 0.239 e. The number of aromatic nitrogens is 3. The predicted molar refractivity (Wildman–Crippen MR) is 47.9 cm³/mol. The molecule has 0 bridgehead atoms. The average molecular weight is 180 g/mol. The van der Waals surface area contributed by atoms with Crippen LogP contribution in [0, 0.1) is 0 Å². The lowest BCUT2D eigenvalue weighted by atomic mass is 10.3. The van der Waals surface area contributed by atoms with Gasteiger partial charge < -0.3 is 5.73 Å². The van der Waals surface area contributed by atoms with Gasteiger partial charge in [0.15, 0.2) is 0 Å². The predicted octanol–water partition coefficient (Wildman–Crippen LogP) is 0.970. The van der Waals surface area contributed by atoms with Gasteiger partial charge in [-0.25, -0.2) is 9.67 Å². The second-order valence-corrected chi connectivity index (χ2v) is 3.21. The van der Waals surface area contributed by atoms with E-state index < -0.39 is 0 Å². The van der Waals surface area contributed by atoms with E-state index in [0.717, 1.165) is 6.54 Å². The summed E-state index contributed by atoms with van der Waals surface area (Å²) >= 11 is 1.67. The third-order valence-electron chi connectivity index (χ3n) is 1.48. The van der Waals surface area contributed by atoms with Gasteiger partial charge in [-0.2, -0.15) is 11.3 Å². The molecule has 0 aliphatic rings. The molecule has 62 valence electrons. The lowest BCUT2D eigenvalue weighted by Gasteiger charge is -1.94. The number of hydrogen-bond donors (Lipinski definition) is 1. The van der Waals surface area contributed by atoms with E-state index in [1.54, 1.807) is 22.3 Å². The minimum Gasteiger partial charge on any atom is -0.367 e. The van der Waals surface area contributed by atoms with Gasteiger partial charge in [-0.1, -0.05) is 0 Å². The summed E-state index contributed by atoms with van der Waals surface area (Å²) in [5.41, 5.74) is 6.59. The molecule has 0 fully saturated rings. The standard InChI is InChI=1S/C7H8N4S/c8-7-9-5-11(10-7)3-6-1-2-12-4-6/h1-2,4-5H,3H2,(H2,8,10). The van der Waals surface area contributed by atoms with E-state index in [2.05, 4.69) is 21.5 Å². The third kappa shape index (κ3) is 1.45. The summed E-state index contributed by atoms with van der Waals surface area (Å²) in [5.74, 6) is 0.324. The highest BCUT2D eigenvalue weighted by Crippen LogP contribution is 2.07. The van der Waals surface area contributed by atoms with Crippen molar-refractivity contribution < 1.29 is 0 Å². The van der Waals surface area contributed by atoms with Gasteiger partial charge in [0.25, 0.3) is 0 Å². The van der Waals surface area contributed by atoms with Crippen LogP contribution in [0.3, 0.4) is 0 Å². The lowest BCUT2D eigenvalue weighted by molar-refractivity contribution is 0.689. The van der Waals surface area contributed by atoms with Crippen LogP contribution in [0.25, 0.3) is 0 Å². The molecular formula is C7H8N4S. The molecule has 0 unspecified atom stereocenters. The minimum atomic E-state index is 0.324. The summed E-state index contributed by atoms with van der Waals surface area (Å²) in [4.78, 5) is 3.83. The molecule has 0 saturated heterocycles. The molecule has 0 amide bonds. The van der Waals surface area contributed by atoms with Crippen LogP contribution in [-0.2, 0) is 6.54 Å². The van der Waals surface area contributed by atoms with Crippen molar-refractivity contribution >= 4 is 17.3 Å². The van der Waals surface area contributed by atoms with Gasteiger partial charge in [0.1, 0.15) is 6.33 Å². The molecule has 0 aliphatic carbocycles. The SMILES string of the molecule is Nc1ncn(Cc2ccsc2)n1. The van der Waals surface area contributed by atoms with Crippen LogP contribution < -0.4 is 5.73 Å². The molecule has 2 aromatic heterocycles. The second kappa shape index (κ2) is 2.94. The first-order valence-electron chi connectivity index (χ1n) is 3.50. The molecule has 2 aromatic rings. The summed E-state index contributed by atoms with van der Waals surface area (Å²) < 4.78 is 1.72. The Morgan fingerprint density at radius 1 is 1.58 bits per heavy atom. The van der Waals surface area contributed by atoms with E-state index in [-0.39, 0.29) is 0 Å². The fourth-order valence-corrected chi connectivity index (χ4v) is 1.61. The fraction of sp³-hybridized carbons (Fsp3) is 0.143. The summed E-state index contributed by atoms with van der Waals surface area (Å²) in [7, 11) is 0. The van der Waals surface area contributed by atoms with Crippen LogP contribution in [0.5, 0.6) is 0 Å². The van der Waals surface area contributed by atoms with Gasteiger partial charge in [0.05, 0.1) is 6.54 Å². The summed E-state index contributed by atoms with van der Waals surface area (Å²) in [6, 6.07) is 2.06. The van der Waals surface area contributed by atoms with E-state index >= 15 is 0 Å². The molecule has 2 N–H and O–H groups in total. The molecule has 5 heteroatoms. The van der Waals surface area contributed by atoms with Crippen molar-refractivity contribution in [1.82, 2.24) is 14.8 Å². The number of thiophene rings is 1. The first-order valence-corrected chi connectivity index (χ1v) is 4.45. The van der Waals surface area contributed by atoms with E-state index in [4.69, 9.17) is 5.73 Å². The molecule has 0 spiro atoms. The fourth-order valence-electron chi connectivity index (χ4n) is 0.955. The topological polar surface area (TPSA) is 56.7 Å². The van der Waals surface area contributed by atoms with Crippen molar-refractivity contribution in [3.05, 3.63) is 28.7 Å². The molecule has 0 aliphatic heterocycles. The Bertz CT molecular complexity index is 351. The normalized spacial score (nSPS) is 10.3. The van der Waals surface area contributed by atoms with E-state index in [0.29, 0.717) is 5.95 Å². The van der Waals surface area contributed by atoms with Crippen molar-refractivity contribution in [2.24, 2.45) is 0 Å². The molecule has 12 heavy (non-hydrogen) atoms. The van der Waals surface area contributed by atoms with Crippen molar-refractivity contribution in [2.45, 2.75) is 6.54 Å². The maximum Gasteiger partial charge on any atom is 0.239 e. The zero-order valence-electron chi connectivity index (χ0n) is 6.34. The Hall–Kier alpha value is -1.36. The monoisotopic (exact) mass is 180 g/mol. The Morgan fingerprint density at radius 2 is 2.50 bits per heavy atom. The number of nitrogens with two attached hydrogens (primary N) is 1. The van der Waals surface area contributed by atoms with Gasteiger partial charge in [-0.05, 0) is 22.4 Å². The molecule has 0 atom stereocenters. The molecular weight excluding hydrogens is 172 g/mol. The molecule has 0 saturated carbocycles. The van der Waals surface area contributed by atoms with Gasteiger partial charge in [0, 0.05) is 0 Å². The van der Waals surface area contributed by atoms with Crippen LogP contribution in [0.2, 0.25) is 0 Å². The van der Waals surface area contributed by atoms with Crippen molar-refractivity contribution in [3.63, 3.8) is 0 Å². The Balaban J connectivity index is 2.14. The Labute approximate surface area is 73.7 Å². The van der Waals surface area contributed by atoms with E-state index in [9.17, 15) is 0 Å². The van der Waals surface area contributed by atoms with Crippen LogP contribution in [0.15, 0.2) is 23.2 Å². The third-order valence-corrected chi connectivity index (χ3v) is 2.21. The van der Waals surface area contributed by atoms with Crippen LogP contribution in [0.1, 0.15) is 5.56 Å². The largest absolute Gasteiger partial charge is 0.367 e. The highest BCUT2D eigenvalue weighted by atomic mass is 32.1. The number of rotatable bonds is 2. The Morgan fingerprint density at radius 3 is 3.08 bits per heavy atom. The van der Waals surface area contributed by atoms with Crippen molar-refractivity contribution in [3.8, 4) is 0 Å². The van der Waals surface area contributed by atoms with Crippen LogP contribution in [0.4, 0.5) is 5.95 Å². The summed E-state index contributed by atoms with van der Waals surface area (Å²) in [6.45, 7) is 0.744. The van der Waals surface area contributed by atoms with Crippen molar-refractivity contribution in [2.75, 3.05) is 5.73 Å². The van der Waals surface area contributed by atoms with Gasteiger partial charge in [-0.3, -0.25) is 0 Å². The number of anilines is 1. The Kier molecular flexibility index (Phi) is 1.79. The second-order valence-electron chi connectivity index (χ2n) is 2.43. The first-order chi connectivity index (χ1) is 5.84. The zero-order chi connectivity index (χ0) is 8.39. The van der Waals surface area contributed by atoms with Gasteiger partial charge in [-0.15, -0.1) is 5.10 Å². The highest BCUT2D eigenvalue weighted by molar-refractivity contribution is 7.07. The maximum atomic E-state index is 5.37. The summed E-state index contributed by atoms with van der Waals surface area (Å²) in [5, 5.41) is 8.09. The summed E-state index contributed by atoms with van der Waals surface area (Å²) in [6.07, 6.45) is 1.63. The van der Waals surface area contributed by atoms with E-state index in [1.807, 2.05) is 5.38 Å². The average Bonchev–Trinajstić information content (AvgIpc) is 2.63. The number of nitrogens with zero attached hydrogens (tertiary/aromatic N) is 3. The van der Waals surface area contributed by atoms with E-state index in [1.165, 1.54) is 5.56 Å². The first kappa shape index (κ1) is 7.30. The van der Waals surface area contributed by atoms with Crippen molar-refractivity contribution in [1.29, 1.82) is 0 Å². The van der Waals surface area contributed by atoms with Crippen LogP contribution >= 0.6 is 11.3 Å². The molecule has 0 radical (unpaired) electrons. The maximum absolute atomic E-state index is 5.37. The molecule has 0 aromatic carbocycles. The molecule has 2 rings (SSSR count). The quantitative estimate of drug-likeness (QED) is 0.749. The molecule has 4 nitrogen and oxygen atoms in total. The van der Waals surface area contributed by atoms with Crippen LogP contribution in [-0.4, -0.2) is 14.8 Å². The van der Waals surface area contributed by atoms with Gasteiger partial charge >= 0.3 is 0 Å². The zero-order valence-corrected chi connectivity index (χ0v) is 7.16. The number of nitrogen functional groups attached to an aromatic ring is 1. The highest BCUT2D eigenvalue weighted by Gasteiger charge is 1.97. The van der Waals surface area contributed by atoms with Gasteiger partial charge in [0.2, 0.25) is 5.95 Å². The number of hydrogen-bond acceptors (Lipinski definition) is 4. The minimum absolute atomic E-state index is 0.324. The molecule has 2 heterocycles.